The van der Waals surface area contributed by atoms with Gasteiger partial charge in [-0.3, -0.25) is 14.5 Å². The molecule has 3 aromatic rings. The van der Waals surface area contributed by atoms with Crippen molar-refractivity contribution < 1.29 is 18.8 Å². The summed E-state index contributed by atoms with van der Waals surface area (Å²) in [6.45, 7) is 9.74. The zero-order chi connectivity index (χ0) is 27.1. The molecule has 2 N–H and O–H groups in total. The second-order valence-corrected chi connectivity index (χ2v) is 10.6. The molecule has 0 saturated carbocycles. The predicted molar refractivity (Wildman–Crippen MR) is 140 cm³/mol. The summed E-state index contributed by atoms with van der Waals surface area (Å²) >= 11 is 0. The number of aromatic nitrogens is 2. The number of primary amides is 1. The Balaban J connectivity index is 1.60. The molecule has 2 aromatic carbocycles. The highest BCUT2D eigenvalue weighted by Crippen LogP contribution is 2.31. The fourth-order valence-electron chi connectivity index (χ4n) is 4.98. The molecular weight excluding hydrogens is 475 g/mol. The fourth-order valence-corrected chi connectivity index (χ4v) is 4.98. The summed E-state index contributed by atoms with van der Waals surface area (Å²) in [5.74, 6) is -1.51. The number of para-hydroxylation sites is 1. The van der Waals surface area contributed by atoms with Gasteiger partial charge in [0.15, 0.2) is 0 Å². The van der Waals surface area contributed by atoms with Crippen LogP contribution < -0.4 is 10.6 Å². The molecule has 2 heterocycles. The van der Waals surface area contributed by atoms with Crippen LogP contribution in [0, 0.1) is 11.7 Å². The molecule has 10 heteroatoms. The molecule has 1 aromatic heterocycles. The Morgan fingerprint density at radius 1 is 1.08 bits per heavy atom. The van der Waals surface area contributed by atoms with Crippen molar-refractivity contribution >= 4 is 34.4 Å². The lowest BCUT2D eigenvalue weighted by Gasteiger charge is -2.42. The number of hydrogen-bond donors (Lipinski definition) is 1. The van der Waals surface area contributed by atoms with Crippen LogP contribution in [-0.4, -0.2) is 68.6 Å². The number of urea groups is 1. The first-order chi connectivity index (χ1) is 17.4. The van der Waals surface area contributed by atoms with Gasteiger partial charge in [0.1, 0.15) is 24.1 Å². The number of nitrogens with zero attached hydrogens (tertiary/aromatic N) is 5. The number of carbonyl (C=O) groups is 3. The summed E-state index contributed by atoms with van der Waals surface area (Å²) < 4.78 is 15.9. The van der Waals surface area contributed by atoms with E-state index in [2.05, 4.69) is 5.10 Å². The zero-order valence-electron chi connectivity index (χ0n) is 21.8. The van der Waals surface area contributed by atoms with E-state index in [9.17, 15) is 18.8 Å². The number of benzene rings is 2. The summed E-state index contributed by atoms with van der Waals surface area (Å²) in [5, 5.41) is 5.07. The van der Waals surface area contributed by atoms with Crippen molar-refractivity contribution in [2.24, 2.45) is 11.7 Å². The summed E-state index contributed by atoms with van der Waals surface area (Å²) in [4.78, 5) is 43.7. The van der Waals surface area contributed by atoms with Gasteiger partial charge in [-0.1, -0.05) is 32.0 Å². The van der Waals surface area contributed by atoms with Gasteiger partial charge in [-0.2, -0.15) is 5.10 Å². The Morgan fingerprint density at radius 3 is 2.38 bits per heavy atom. The van der Waals surface area contributed by atoms with Crippen LogP contribution in [-0.2, 0) is 9.59 Å². The summed E-state index contributed by atoms with van der Waals surface area (Å²) in [6, 6.07) is 10.7. The first-order valence-corrected chi connectivity index (χ1v) is 12.3. The molecule has 1 aliphatic heterocycles. The highest BCUT2D eigenvalue weighted by Gasteiger charge is 2.40. The average Bonchev–Trinajstić information content (AvgIpc) is 3.40. The molecule has 9 nitrogen and oxygen atoms in total. The Bertz CT molecular complexity index is 1350. The van der Waals surface area contributed by atoms with E-state index in [1.807, 2.05) is 46.8 Å². The van der Waals surface area contributed by atoms with E-state index in [4.69, 9.17) is 5.73 Å². The van der Waals surface area contributed by atoms with Crippen LogP contribution >= 0.6 is 0 Å². The van der Waals surface area contributed by atoms with Crippen LogP contribution in [0.4, 0.5) is 14.9 Å². The first kappa shape index (κ1) is 26.1. The second kappa shape index (κ2) is 9.84. The van der Waals surface area contributed by atoms with Gasteiger partial charge in [0, 0.05) is 24.0 Å². The third-order valence-corrected chi connectivity index (χ3v) is 6.58. The first-order valence-electron chi connectivity index (χ1n) is 12.3. The smallest absolute Gasteiger partial charge is 0.325 e. The molecule has 0 radical (unpaired) electrons. The van der Waals surface area contributed by atoms with Crippen LogP contribution in [0.15, 0.2) is 48.7 Å². The van der Waals surface area contributed by atoms with Gasteiger partial charge >= 0.3 is 6.03 Å². The largest absolute Gasteiger partial charge is 0.368 e. The normalized spacial score (nSPS) is 15.1. The van der Waals surface area contributed by atoms with Crippen molar-refractivity contribution in [3.63, 3.8) is 0 Å². The quantitative estimate of drug-likeness (QED) is 0.527. The second-order valence-electron chi connectivity index (χ2n) is 10.6. The Labute approximate surface area is 215 Å². The highest BCUT2D eigenvalue weighted by molar-refractivity contribution is 6.04. The van der Waals surface area contributed by atoms with E-state index in [1.54, 1.807) is 35.4 Å². The molecule has 37 heavy (non-hydrogen) atoms. The molecule has 1 fully saturated rings. The third-order valence-electron chi connectivity index (χ3n) is 6.58. The number of nitrogens with two attached hydrogens (primary N) is 1. The van der Waals surface area contributed by atoms with E-state index in [0.717, 1.165) is 0 Å². The number of fused-ring (bicyclic) bond motifs is 1. The maximum atomic E-state index is 14.4. The molecule has 0 unspecified atom stereocenters. The molecule has 1 atom stereocenters. The van der Waals surface area contributed by atoms with Gasteiger partial charge in [0.05, 0.1) is 17.4 Å². The van der Waals surface area contributed by atoms with Gasteiger partial charge in [-0.05, 0) is 51.0 Å². The lowest BCUT2D eigenvalue weighted by molar-refractivity contribution is -0.147. The van der Waals surface area contributed by atoms with Crippen LogP contribution in [0.2, 0.25) is 0 Å². The molecule has 0 bridgehead atoms. The number of rotatable bonds is 7. The van der Waals surface area contributed by atoms with Gasteiger partial charge in [-0.25, -0.2) is 13.9 Å². The Morgan fingerprint density at radius 2 is 1.76 bits per heavy atom. The summed E-state index contributed by atoms with van der Waals surface area (Å²) in [6.07, 6.45) is 1.61. The van der Waals surface area contributed by atoms with Crippen molar-refractivity contribution in [2.45, 2.75) is 46.2 Å². The zero-order valence-corrected chi connectivity index (χ0v) is 21.8. The van der Waals surface area contributed by atoms with Crippen molar-refractivity contribution in [1.29, 1.82) is 0 Å². The van der Waals surface area contributed by atoms with E-state index in [-0.39, 0.29) is 24.4 Å². The van der Waals surface area contributed by atoms with Crippen LogP contribution in [0.5, 0.6) is 0 Å². The monoisotopic (exact) mass is 508 g/mol. The predicted octanol–water partition coefficient (Wildman–Crippen LogP) is 3.54. The number of hydrogen-bond acceptors (Lipinski definition) is 4. The van der Waals surface area contributed by atoms with Crippen molar-refractivity contribution in [3.05, 3.63) is 54.5 Å². The minimum Gasteiger partial charge on any atom is -0.368 e. The van der Waals surface area contributed by atoms with E-state index in [1.165, 1.54) is 20.5 Å². The summed E-state index contributed by atoms with van der Waals surface area (Å²) in [7, 11) is 0. The fraction of sp³-hybridized carbons (Fsp3) is 0.407. The number of amides is 4. The van der Waals surface area contributed by atoms with E-state index >= 15 is 0 Å². The molecule has 0 spiro atoms. The van der Waals surface area contributed by atoms with Gasteiger partial charge in [0.25, 0.3) is 0 Å². The standard InChI is InChI=1S/C27H33FN6O3/c1-17(2)24(25(29)36)33(27(3,4)5)23(35)16-31-13-14-32(26(31)37)20-11-8-12-21-18(20)15-30-34(21)22-10-7-6-9-19(22)28/h6-12,15,17,24H,13-14,16H2,1-5H3,(H2,29,36)/t24-/m0/s1. The van der Waals surface area contributed by atoms with E-state index < -0.39 is 23.3 Å². The Kier molecular flexibility index (Phi) is 6.94. The maximum Gasteiger partial charge on any atom is 0.325 e. The molecule has 0 aliphatic carbocycles. The maximum absolute atomic E-state index is 14.4. The van der Waals surface area contributed by atoms with Crippen LogP contribution in [0.25, 0.3) is 16.6 Å². The molecule has 4 amide bonds. The summed E-state index contributed by atoms with van der Waals surface area (Å²) in [5.41, 5.74) is 6.59. The molecule has 1 aliphatic rings. The minimum atomic E-state index is -0.792. The molecule has 4 rings (SSSR count). The molecular formula is C27H33FN6O3. The van der Waals surface area contributed by atoms with Gasteiger partial charge in [-0.15, -0.1) is 0 Å². The number of anilines is 1. The van der Waals surface area contributed by atoms with Gasteiger partial charge < -0.3 is 15.5 Å². The SMILES string of the molecule is CC(C)[C@@H](C(N)=O)N(C(=O)CN1CCN(c2cccc3c2cnn3-c2ccccc2F)C1=O)C(C)(C)C. The number of halogens is 1. The minimum absolute atomic E-state index is 0.173. The Hall–Kier alpha value is -3.95. The highest BCUT2D eigenvalue weighted by atomic mass is 19.1. The topological polar surface area (TPSA) is 105 Å². The lowest BCUT2D eigenvalue weighted by atomic mass is 9.95. The number of carbonyl (C=O) groups excluding carboxylic acids is 3. The lowest BCUT2D eigenvalue weighted by Crippen LogP contribution is -2.60. The molecule has 1 saturated heterocycles. The van der Waals surface area contributed by atoms with E-state index in [0.29, 0.717) is 35.4 Å². The average molecular weight is 509 g/mol. The van der Waals surface area contributed by atoms with Crippen LogP contribution in [0.1, 0.15) is 34.6 Å². The van der Waals surface area contributed by atoms with Crippen molar-refractivity contribution in [2.75, 3.05) is 24.5 Å². The van der Waals surface area contributed by atoms with Gasteiger partial charge in [0.2, 0.25) is 11.8 Å². The van der Waals surface area contributed by atoms with Crippen molar-refractivity contribution in [3.8, 4) is 5.69 Å². The molecule has 196 valence electrons. The van der Waals surface area contributed by atoms with Crippen LogP contribution in [0.3, 0.4) is 0 Å². The van der Waals surface area contributed by atoms with Crippen molar-refractivity contribution in [1.82, 2.24) is 19.6 Å². The third kappa shape index (κ3) is 4.87.